The summed E-state index contributed by atoms with van der Waals surface area (Å²) in [6, 6.07) is 5.07. The Balaban J connectivity index is 2.95. The van der Waals surface area contributed by atoms with Crippen molar-refractivity contribution in [2.75, 3.05) is 7.11 Å². The van der Waals surface area contributed by atoms with Crippen LogP contribution in [-0.4, -0.2) is 29.3 Å². The summed E-state index contributed by atoms with van der Waals surface area (Å²) in [4.78, 5) is 21.9. The number of carboxylic acids is 1. The maximum absolute atomic E-state index is 11.1. The first-order valence-electron chi connectivity index (χ1n) is 5.64. The van der Waals surface area contributed by atoms with Gasteiger partial charge in [0.2, 0.25) is 0 Å². The van der Waals surface area contributed by atoms with E-state index in [1.807, 2.05) is 6.07 Å². The van der Waals surface area contributed by atoms with Gasteiger partial charge in [-0.15, -0.1) is 0 Å². The molecule has 104 valence electrons. The van der Waals surface area contributed by atoms with E-state index in [1.165, 1.54) is 7.11 Å². The summed E-state index contributed by atoms with van der Waals surface area (Å²) in [6.45, 7) is 0. The van der Waals surface area contributed by atoms with Crippen LogP contribution in [-0.2, 0) is 26.1 Å². The summed E-state index contributed by atoms with van der Waals surface area (Å²) in [5.41, 5.74) is 1.94. The zero-order valence-electron chi connectivity index (χ0n) is 10.4. The first-order chi connectivity index (χ1) is 8.97. The van der Waals surface area contributed by atoms with Crippen LogP contribution >= 0.6 is 15.9 Å². The van der Waals surface area contributed by atoms with Crippen molar-refractivity contribution < 1.29 is 24.5 Å². The van der Waals surface area contributed by atoms with E-state index in [9.17, 15) is 14.7 Å². The molecular weight excluding hydrogens is 316 g/mol. The summed E-state index contributed by atoms with van der Waals surface area (Å²) in [5, 5.41) is 18.9. The van der Waals surface area contributed by atoms with Gasteiger partial charge in [-0.2, -0.15) is 0 Å². The smallest absolute Gasteiger partial charge is 0.337 e. The summed E-state index contributed by atoms with van der Waals surface area (Å²) in [6.07, 6.45) is -0.909. The number of carbonyl (C=O) groups excluding carboxylic acids is 1. The number of aliphatic carboxylic acids is 1. The number of alkyl halides is 1. The molecule has 0 aliphatic carbocycles. The van der Waals surface area contributed by atoms with Crippen LogP contribution in [0, 0.1) is 0 Å². The van der Waals surface area contributed by atoms with Gasteiger partial charge in [-0.3, -0.25) is 4.79 Å². The summed E-state index contributed by atoms with van der Waals surface area (Å²) in [5.74, 6) is -1.63. The maximum atomic E-state index is 11.1. The van der Waals surface area contributed by atoms with Gasteiger partial charge >= 0.3 is 11.9 Å². The van der Waals surface area contributed by atoms with Crippen molar-refractivity contribution in [1.82, 2.24) is 0 Å². The first-order valence-corrected chi connectivity index (χ1v) is 6.76. The molecule has 0 fully saturated rings. The van der Waals surface area contributed by atoms with Crippen molar-refractivity contribution in [1.29, 1.82) is 0 Å². The van der Waals surface area contributed by atoms with Crippen LogP contribution in [0.3, 0.4) is 0 Å². The lowest BCUT2D eigenvalue weighted by Gasteiger charge is -2.10. The molecule has 5 nitrogen and oxygen atoms in total. The molecule has 0 amide bonds. The molecule has 19 heavy (non-hydrogen) atoms. The molecule has 1 aromatic rings. The Morgan fingerprint density at radius 2 is 1.95 bits per heavy atom. The number of carboxylic acid groups (broad SMARTS) is 1. The third kappa shape index (κ3) is 4.65. The fourth-order valence-corrected chi connectivity index (χ4v) is 1.99. The van der Waals surface area contributed by atoms with E-state index in [4.69, 9.17) is 5.11 Å². The van der Waals surface area contributed by atoms with Crippen molar-refractivity contribution in [3.63, 3.8) is 0 Å². The second kappa shape index (κ2) is 7.25. The number of hydrogen-bond acceptors (Lipinski definition) is 4. The molecule has 1 aromatic carbocycles. The number of aryl methyl sites for hydroxylation is 1. The lowest BCUT2D eigenvalue weighted by molar-refractivity contribution is -0.147. The van der Waals surface area contributed by atoms with Crippen molar-refractivity contribution in [2.45, 2.75) is 24.3 Å². The van der Waals surface area contributed by atoms with E-state index in [0.717, 1.165) is 11.1 Å². The Labute approximate surface area is 119 Å². The number of methoxy groups -OCH3 is 1. The van der Waals surface area contributed by atoms with E-state index in [0.29, 0.717) is 17.3 Å². The van der Waals surface area contributed by atoms with Crippen LogP contribution in [0.1, 0.15) is 29.2 Å². The van der Waals surface area contributed by atoms with Crippen LogP contribution < -0.4 is 0 Å². The van der Waals surface area contributed by atoms with E-state index in [1.54, 1.807) is 12.1 Å². The minimum atomic E-state index is -1.56. The highest BCUT2D eigenvalue weighted by molar-refractivity contribution is 9.08. The number of esters is 1. The maximum Gasteiger partial charge on any atom is 0.337 e. The fourth-order valence-electron chi connectivity index (χ4n) is 1.66. The van der Waals surface area contributed by atoms with E-state index in [2.05, 4.69) is 20.7 Å². The van der Waals surface area contributed by atoms with Crippen molar-refractivity contribution >= 4 is 27.9 Å². The largest absolute Gasteiger partial charge is 0.479 e. The molecule has 0 aliphatic rings. The van der Waals surface area contributed by atoms with Crippen LogP contribution in [0.15, 0.2) is 18.2 Å². The number of rotatable bonds is 6. The lowest BCUT2D eigenvalue weighted by atomic mass is 10.00. The minimum absolute atomic E-state index is 0.213. The van der Waals surface area contributed by atoms with Gasteiger partial charge in [-0.25, -0.2) is 4.79 Å². The molecule has 0 bridgehead atoms. The quantitative estimate of drug-likeness (QED) is 0.613. The topological polar surface area (TPSA) is 83.8 Å². The molecule has 6 heteroatoms. The molecule has 0 saturated carbocycles. The van der Waals surface area contributed by atoms with Gasteiger partial charge < -0.3 is 14.9 Å². The number of carbonyl (C=O) groups is 2. The molecule has 0 aliphatic heterocycles. The third-order valence-electron chi connectivity index (χ3n) is 2.62. The predicted molar refractivity (Wildman–Crippen MR) is 72.0 cm³/mol. The first kappa shape index (κ1) is 15.7. The SMILES string of the molecule is COC(=O)CCc1cc(CBr)cc(C(O)C(=O)O)c1. The molecule has 0 aromatic heterocycles. The van der Waals surface area contributed by atoms with Gasteiger partial charge in [0.05, 0.1) is 7.11 Å². The normalized spacial score (nSPS) is 11.9. The Hall–Kier alpha value is -1.40. The van der Waals surface area contributed by atoms with Crippen LogP contribution in [0.2, 0.25) is 0 Å². The highest BCUT2D eigenvalue weighted by Crippen LogP contribution is 2.20. The second-order valence-electron chi connectivity index (χ2n) is 4.03. The van der Waals surface area contributed by atoms with Crippen LogP contribution in [0.5, 0.6) is 0 Å². The Kier molecular flexibility index (Phi) is 5.98. The third-order valence-corrected chi connectivity index (χ3v) is 3.27. The molecule has 1 atom stereocenters. The standard InChI is InChI=1S/C13H15BrO5/c1-19-11(15)3-2-8-4-9(7-14)6-10(5-8)12(16)13(17)18/h4-6,12,16H,2-3,7H2,1H3,(H,17,18). The highest BCUT2D eigenvalue weighted by atomic mass is 79.9. The van der Waals surface area contributed by atoms with Crippen molar-refractivity contribution in [3.05, 3.63) is 34.9 Å². The molecular formula is C13H15BrO5. The molecule has 0 heterocycles. The van der Waals surface area contributed by atoms with Crippen LogP contribution in [0.25, 0.3) is 0 Å². The van der Waals surface area contributed by atoms with Gasteiger partial charge in [0.15, 0.2) is 6.10 Å². The van der Waals surface area contributed by atoms with E-state index < -0.39 is 12.1 Å². The molecule has 1 rings (SSSR count). The second-order valence-corrected chi connectivity index (χ2v) is 4.59. The van der Waals surface area contributed by atoms with Gasteiger partial charge in [-0.05, 0) is 23.1 Å². The Morgan fingerprint density at radius 3 is 2.47 bits per heavy atom. The average Bonchev–Trinajstić information content (AvgIpc) is 2.43. The molecule has 1 unspecified atom stereocenters. The summed E-state index contributed by atoms with van der Waals surface area (Å²) >= 11 is 3.28. The summed E-state index contributed by atoms with van der Waals surface area (Å²) in [7, 11) is 1.32. The molecule has 0 saturated heterocycles. The fraction of sp³-hybridized carbons (Fsp3) is 0.385. The number of benzene rings is 1. The number of aliphatic hydroxyl groups excluding tert-OH is 1. The van der Waals surface area contributed by atoms with Crippen LogP contribution in [0.4, 0.5) is 0 Å². The highest BCUT2D eigenvalue weighted by Gasteiger charge is 2.17. The van der Waals surface area contributed by atoms with Gasteiger partial charge in [0.1, 0.15) is 0 Å². The van der Waals surface area contributed by atoms with Gasteiger partial charge in [0, 0.05) is 11.8 Å². The zero-order valence-corrected chi connectivity index (χ0v) is 12.0. The summed E-state index contributed by atoms with van der Waals surface area (Å²) < 4.78 is 4.55. The monoisotopic (exact) mass is 330 g/mol. The minimum Gasteiger partial charge on any atom is -0.479 e. The number of ether oxygens (including phenoxy) is 1. The molecule has 0 radical (unpaired) electrons. The Bertz CT molecular complexity index is 472. The van der Waals surface area contributed by atoms with Crippen molar-refractivity contribution in [3.8, 4) is 0 Å². The number of hydrogen-bond donors (Lipinski definition) is 2. The van der Waals surface area contributed by atoms with E-state index >= 15 is 0 Å². The zero-order chi connectivity index (χ0) is 14.4. The van der Waals surface area contributed by atoms with Gasteiger partial charge in [0.25, 0.3) is 0 Å². The van der Waals surface area contributed by atoms with Crippen molar-refractivity contribution in [2.24, 2.45) is 0 Å². The Morgan fingerprint density at radius 1 is 1.32 bits per heavy atom. The number of aliphatic hydroxyl groups is 1. The average molecular weight is 331 g/mol. The molecule has 2 N–H and O–H groups in total. The number of halogens is 1. The molecule has 0 spiro atoms. The predicted octanol–water partition coefficient (Wildman–Crippen LogP) is 1.81. The lowest BCUT2D eigenvalue weighted by Crippen LogP contribution is -2.11. The van der Waals surface area contributed by atoms with E-state index in [-0.39, 0.29) is 12.4 Å². The van der Waals surface area contributed by atoms with Gasteiger partial charge in [-0.1, -0.05) is 34.1 Å².